The summed E-state index contributed by atoms with van der Waals surface area (Å²) in [5, 5.41) is 4.51. The number of hydrogen-bond acceptors (Lipinski definition) is 5. The summed E-state index contributed by atoms with van der Waals surface area (Å²) < 4.78 is 21.8. The fourth-order valence-corrected chi connectivity index (χ4v) is 7.25. The average Bonchev–Trinajstić information content (AvgIpc) is 3.27. The summed E-state index contributed by atoms with van der Waals surface area (Å²) in [5.74, 6) is 0.782. The van der Waals surface area contributed by atoms with Crippen LogP contribution in [0.25, 0.3) is 16.6 Å². The summed E-state index contributed by atoms with van der Waals surface area (Å²) in [6.45, 7) is 16.0. The van der Waals surface area contributed by atoms with Gasteiger partial charge in [-0.2, -0.15) is 0 Å². The van der Waals surface area contributed by atoms with Crippen LogP contribution in [0.3, 0.4) is 0 Å². The third kappa shape index (κ3) is 7.14. The lowest BCUT2D eigenvalue weighted by Crippen LogP contribution is -2.60. The van der Waals surface area contributed by atoms with E-state index in [2.05, 4.69) is 29.0 Å². The van der Waals surface area contributed by atoms with Gasteiger partial charge in [-0.1, -0.05) is 25.4 Å². The van der Waals surface area contributed by atoms with Crippen LogP contribution >= 0.6 is 11.6 Å². The van der Waals surface area contributed by atoms with Gasteiger partial charge in [0.1, 0.15) is 11.4 Å². The fourth-order valence-electron chi connectivity index (χ4n) is 6.97. The molecule has 2 aliphatic rings. The minimum atomic E-state index is -0.503. The molecule has 1 N–H and O–H groups in total. The molecule has 2 aromatic heterocycles. The second kappa shape index (κ2) is 12.9. The lowest BCUT2D eigenvalue weighted by atomic mass is 9.70. The standard InChI is InChI=1S/C35H47ClFN5O3/c1-20(2)32(23-12-26(13-23)39-34(44)45-35(5,6)7)41-17-22(18-41)11-24-19-42(30-16-38-15-28(36)31(24)30)29-10-9-25(37)14-27(29)33(43)40(8)21(3)4/h9-10,14-16,19-23,26,32H,11-13,17-18H2,1-8H3,(H,39,44). The highest BCUT2D eigenvalue weighted by Gasteiger charge is 2.44. The lowest BCUT2D eigenvalue weighted by Gasteiger charge is -2.52. The average molecular weight is 640 g/mol. The summed E-state index contributed by atoms with van der Waals surface area (Å²) in [4.78, 5) is 34.2. The summed E-state index contributed by atoms with van der Waals surface area (Å²) in [6.07, 6.45) is 7.87. The number of nitrogens with one attached hydrogen (secondary N) is 1. The van der Waals surface area contributed by atoms with Gasteiger partial charge in [0, 0.05) is 56.0 Å². The number of amides is 2. The van der Waals surface area contributed by atoms with Crippen molar-refractivity contribution < 1.29 is 18.7 Å². The molecule has 1 aromatic carbocycles. The lowest BCUT2D eigenvalue weighted by molar-refractivity contribution is -0.0274. The van der Waals surface area contributed by atoms with Gasteiger partial charge in [0.25, 0.3) is 5.91 Å². The molecular weight excluding hydrogens is 593 g/mol. The molecule has 1 aliphatic heterocycles. The van der Waals surface area contributed by atoms with Gasteiger partial charge in [-0.15, -0.1) is 0 Å². The van der Waals surface area contributed by atoms with Gasteiger partial charge in [-0.3, -0.25) is 14.7 Å². The highest BCUT2D eigenvalue weighted by Crippen LogP contribution is 2.40. The van der Waals surface area contributed by atoms with Gasteiger partial charge in [0.15, 0.2) is 0 Å². The number of halogens is 2. The number of likely N-dealkylation sites (tertiary alicyclic amines) is 1. The molecule has 2 fully saturated rings. The van der Waals surface area contributed by atoms with E-state index in [9.17, 15) is 14.0 Å². The van der Waals surface area contributed by atoms with E-state index in [1.54, 1.807) is 30.4 Å². The van der Waals surface area contributed by atoms with Crippen molar-refractivity contribution in [3.05, 3.63) is 58.8 Å². The van der Waals surface area contributed by atoms with Crippen molar-refractivity contribution in [2.45, 2.75) is 91.5 Å². The zero-order valence-corrected chi connectivity index (χ0v) is 28.5. The minimum absolute atomic E-state index is 0.0371. The van der Waals surface area contributed by atoms with E-state index in [0.717, 1.165) is 48.8 Å². The van der Waals surface area contributed by atoms with E-state index in [1.807, 2.05) is 45.4 Å². The van der Waals surface area contributed by atoms with E-state index in [1.165, 1.54) is 12.1 Å². The van der Waals surface area contributed by atoms with Crippen LogP contribution in [0.5, 0.6) is 0 Å². The van der Waals surface area contributed by atoms with Gasteiger partial charge in [-0.25, -0.2) is 9.18 Å². The molecule has 0 spiro atoms. The number of nitrogens with zero attached hydrogens (tertiary/aromatic N) is 4. The number of benzene rings is 1. The minimum Gasteiger partial charge on any atom is -0.444 e. The first-order chi connectivity index (χ1) is 21.1. The molecule has 1 aliphatic carbocycles. The summed E-state index contributed by atoms with van der Waals surface area (Å²) >= 11 is 6.74. The van der Waals surface area contributed by atoms with E-state index in [0.29, 0.717) is 40.1 Å². The fraction of sp³-hybridized carbons (Fsp3) is 0.571. The summed E-state index contributed by atoms with van der Waals surface area (Å²) in [6, 6.07) is 4.93. The number of rotatable bonds is 9. The molecule has 1 unspecified atom stereocenters. The molecule has 3 heterocycles. The first-order valence-electron chi connectivity index (χ1n) is 16.1. The Morgan fingerprint density at radius 3 is 2.47 bits per heavy atom. The third-order valence-electron chi connectivity index (χ3n) is 9.27. The molecule has 244 valence electrons. The second-order valence-electron chi connectivity index (χ2n) is 14.5. The van der Waals surface area contributed by atoms with E-state index >= 15 is 0 Å². The zero-order chi connectivity index (χ0) is 32.8. The highest BCUT2D eigenvalue weighted by molar-refractivity contribution is 6.35. The third-order valence-corrected chi connectivity index (χ3v) is 9.55. The number of carbonyl (C=O) groups is 2. The topological polar surface area (TPSA) is 79.7 Å². The normalized spacial score (nSPS) is 19.8. The van der Waals surface area contributed by atoms with E-state index in [4.69, 9.17) is 16.3 Å². The highest BCUT2D eigenvalue weighted by atomic mass is 35.5. The molecule has 0 bridgehead atoms. The van der Waals surface area contributed by atoms with Crippen LogP contribution in [0, 0.1) is 23.6 Å². The van der Waals surface area contributed by atoms with E-state index in [-0.39, 0.29) is 24.1 Å². The number of alkyl carbamates (subject to hydrolysis) is 1. The molecule has 0 radical (unpaired) electrons. The Morgan fingerprint density at radius 2 is 1.84 bits per heavy atom. The maximum Gasteiger partial charge on any atom is 0.407 e. The number of aromatic nitrogens is 2. The number of carbonyl (C=O) groups excluding carboxylic acids is 2. The molecule has 5 rings (SSSR count). The largest absolute Gasteiger partial charge is 0.444 e. The Hall–Kier alpha value is -3.17. The van der Waals surface area contributed by atoms with Crippen LogP contribution in [-0.2, 0) is 11.2 Å². The predicted molar refractivity (Wildman–Crippen MR) is 177 cm³/mol. The number of fused-ring (bicyclic) bond motifs is 1. The maximum absolute atomic E-state index is 14.4. The van der Waals surface area contributed by atoms with Crippen molar-refractivity contribution in [2.24, 2.45) is 17.8 Å². The molecule has 3 aromatic rings. The van der Waals surface area contributed by atoms with Gasteiger partial charge < -0.3 is 19.5 Å². The monoisotopic (exact) mass is 639 g/mol. The number of pyridine rings is 1. The van der Waals surface area contributed by atoms with Crippen LogP contribution in [0.15, 0.2) is 36.8 Å². The smallest absolute Gasteiger partial charge is 0.407 e. The Morgan fingerprint density at radius 1 is 1.16 bits per heavy atom. The van der Waals surface area contributed by atoms with Crippen molar-refractivity contribution in [1.29, 1.82) is 0 Å². The molecule has 2 amide bonds. The number of ether oxygens (including phenoxy) is 1. The Balaban J connectivity index is 1.31. The van der Waals surface area contributed by atoms with Crippen LogP contribution in [0.2, 0.25) is 5.02 Å². The van der Waals surface area contributed by atoms with Crippen molar-refractivity contribution >= 4 is 34.5 Å². The Labute approximate surface area is 271 Å². The van der Waals surface area contributed by atoms with Crippen LogP contribution in [-0.4, -0.2) is 75.2 Å². The van der Waals surface area contributed by atoms with Crippen LogP contribution in [0.4, 0.5) is 9.18 Å². The molecule has 1 saturated heterocycles. The van der Waals surface area contributed by atoms with Crippen molar-refractivity contribution in [3.63, 3.8) is 0 Å². The van der Waals surface area contributed by atoms with Crippen molar-refractivity contribution in [3.8, 4) is 5.69 Å². The van der Waals surface area contributed by atoms with E-state index < -0.39 is 11.4 Å². The van der Waals surface area contributed by atoms with Crippen LogP contribution in [0.1, 0.15) is 77.2 Å². The first-order valence-corrected chi connectivity index (χ1v) is 16.4. The quantitative estimate of drug-likeness (QED) is 0.270. The van der Waals surface area contributed by atoms with Gasteiger partial charge in [0.05, 0.1) is 28.0 Å². The van der Waals surface area contributed by atoms with Gasteiger partial charge in [-0.05, 0) is 95.4 Å². The molecular formula is C35H47ClFN5O3. The maximum atomic E-state index is 14.4. The predicted octanol–water partition coefficient (Wildman–Crippen LogP) is 7.10. The molecule has 10 heteroatoms. The SMILES string of the molecule is CC(C)C(C1CC(NC(=O)OC(C)(C)C)C1)N1CC(Cc2cn(-c3ccc(F)cc3C(=O)N(C)C(C)C)c3cncc(Cl)c23)C1. The first kappa shape index (κ1) is 33.2. The van der Waals surface area contributed by atoms with Gasteiger partial charge >= 0.3 is 6.09 Å². The summed E-state index contributed by atoms with van der Waals surface area (Å²) in [5.41, 5.74) is 2.28. The zero-order valence-electron chi connectivity index (χ0n) is 27.7. The van der Waals surface area contributed by atoms with Gasteiger partial charge in [0.2, 0.25) is 0 Å². The molecule has 1 saturated carbocycles. The van der Waals surface area contributed by atoms with Crippen molar-refractivity contribution in [1.82, 2.24) is 24.7 Å². The molecule has 1 atom stereocenters. The van der Waals surface area contributed by atoms with Crippen molar-refractivity contribution in [2.75, 3.05) is 20.1 Å². The number of hydrogen-bond donors (Lipinski definition) is 1. The molecule has 8 nitrogen and oxygen atoms in total. The second-order valence-corrected chi connectivity index (χ2v) is 15.0. The van der Waals surface area contributed by atoms with Crippen LogP contribution < -0.4 is 5.32 Å². The Bertz CT molecular complexity index is 1550. The molecule has 45 heavy (non-hydrogen) atoms. The summed E-state index contributed by atoms with van der Waals surface area (Å²) in [7, 11) is 1.73. The Kier molecular flexibility index (Phi) is 9.53.